The minimum absolute atomic E-state index is 0.0606. The van der Waals surface area contributed by atoms with Crippen LogP contribution in [0.15, 0.2) is 29.2 Å². The average Bonchev–Trinajstić information content (AvgIpc) is 2.65. The Morgan fingerprint density at radius 2 is 1.95 bits per heavy atom. The first-order valence-electron chi connectivity index (χ1n) is 7.79. The highest BCUT2D eigenvalue weighted by atomic mass is 32.2. The third-order valence-corrected chi connectivity index (χ3v) is 5.75. The summed E-state index contributed by atoms with van der Waals surface area (Å²) in [6.45, 7) is 2.82. The SMILES string of the molecule is CNCc1cccc(S(=O)(=O)NC2CCCCCC2C)c1. The molecule has 5 heteroatoms. The van der Waals surface area contributed by atoms with Crippen molar-refractivity contribution in [2.45, 2.75) is 56.5 Å². The van der Waals surface area contributed by atoms with E-state index in [9.17, 15) is 8.42 Å². The van der Waals surface area contributed by atoms with Gasteiger partial charge in [0.15, 0.2) is 0 Å². The van der Waals surface area contributed by atoms with Crippen LogP contribution in [0.2, 0.25) is 0 Å². The zero-order chi connectivity index (χ0) is 15.3. The van der Waals surface area contributed by atoms with E-state index < -0.39 is 10.0 Å². The molecule has 0 saturated heterocycles. The van der Waals surface area contributed by atoms with Crippen molar-refractivity contribution in [2.24, 2.45) is 5.92 Å². The predicted octanol–water partition coefficient (Wildman–Crippen LogP) is 2.65. The summed E-state index contributed by atoms with van der Waals surface area (Å²) in [4.78, 5) is 0.367. The number of rotatable bonds is 5. The second kappa shape index (κ2) is 7.38. The molecule has 1 saturated carbocycles. The van der Waals surface area contributed by atoms with Crippen LogP contribution in [0.3, 0.4) is 0 Å². The molecule has 1 aromatic rings. The van der Waals surface area contributed by atoms with Crippen LogP contribution < -0.4 is 10.0 Å². The van der Waals surface area contributed by atoms with Crippen molar-refractivity contribution in [3.05, 3.63) is 29.8 Å². The average molecular weight is 310 g/mol. The fourth-order valence-electron chi connectivity index (χ4n) is 2.96. The van der Waals surface area contributed by atoms with Crippen LogP contribution in [0.25, 0.3) is 0 Å². The van der Waals surface area contributed by atoms with Gasteiger partial charge in [0.25, 0.3) is 0 Å². The van der Waals surface area contributed by atoms with Gasteiger partial charge in [-0.3, -0.25) is 0 Å². The lowest BCUT2D eigenvalue weighted by Gasteiger charge is -2.22. The summed E-state index contributed by atoms with van der Waals surface area (Å²) in [5.74, 6) is 0.405. The van der Waals surface area contributed by atoms with Crippen LogP contribution in [0.5, 0.6) is 0 Å². The second-order valence-corrected chi connectivity index (χ2v) is 7.73. The van der Waals surface area contributed by atoms with Crippen LogP contribution in [0.1, 0.15) is 44.6 Å². The van der Waals surface area contributed by atoms with Gasteiger partial charge in [0.05, 0.1) is 4.90 Å². The van der Waals surface area contributed by atoms with Crippen molar-refractivity contribution in [3.8, 4) is 0 Å². The van der Waals surface area contributed by atoms with Gasteiger partial charge in [-0.15, -0.1) is 0 Å². The summed E-state index contributed by atoms with van der Waals surface area (Å²) < 4.78 is 28.1. The van der Waals surface area contributed by atoms with Crippen molar-refractivity contribution < 1.29 is 8.42 Å². The maximum atomic E-state index is 12.6. The molecule has 0 radical (unpaired) electrons. The summed E-state index contributed by atoms with van der Waals surface area (Å²) >= 11 is 0. The molecule has 118 valence electrons. The molecule has 0 heterocycles. The summed E-state index contributed by atoms with van der Waals surface area (Å²) in [5.41, 5.74) is 0.981. The Hall–Kier alpha value is -0.910. The molecule has 0 spiro atoms. The van der Waals surface area contributed by atoms with Gasteiger partial charge >= 0.3 is 0 Å². The summed E-state index contributed by atoms with van der Waals surface area (Å²) in [6, 6.07) is 7.22. The summed E-state index contributed by atoms with van der Waals surface area (Å²) in [6.07, 6.45) is 5.57. The molecular weight excluding hydrogens is 284 g/mol. The van der Waals surface area contributed by atoms with E-state index in [2.05, 4.69) is 17.0 Å². The zero-order valence-corrected chi connectivity index (χ0v) is 13.7. The van der Waals surface area contributed by atoms with E-state index in [0.717, 1.165) is 24.8 Å². The second-order valence-electron chi connectivity index (χ2n) is 6.02. The molecule has 2 N–H and O–H groups in total. The fraction of sp³-hybridized carbons (Fsp3) is 0.625. The van der Waals surface area contributed by atoms with Gasteiger partial charge in [0, 0.05) is 12.6 Å². The number of hydrogen-bond acceptors (Lipinski definition) is 3. The molecule has 0 aromatic heterocycles. The van der Waals surface area contributed by atoms with Gasteiger partial charge in [-0.2, -0.15) is 0 Å². The Bertz CT molecular complexity index is 557. The van der Waals surface area contributed by atoms with Crippen LogP contribution in [-0.4, -0.2) is 21.5 Å². The van der Waals surface area contributed by atoms with E-state index in [-0.39, 0.29) is 6.04 Å². The number of benzene rings is 1. The van der Waals surface area contributed by atoms with Crippen LogP contribution >= 0.6 is 0 Å². The Morgan fingerprint density at radius 3 is 2.71 bits per heavy atom. The molecule has 2 atom stereocenters. The Balaban J connectivity index is 2.15. The highest BCUT2D eigenvalue weighted by molar-refractivity contribution is 7.89. The molecule has 1 aliphatic carbocycles. The number of hydrogen-bond donors (Lipinski definition) is 2. The van der Waals surface area contributed by atoms with Crippen LogP contribution in [0.4, 0.5) is 0 Å². The first kappa shape index (κ1) is 16.5. The van der Waals surface area contributed by atoms with E-state index in [0.29, 0.717) is 17.4 Å². The van der Waals surface area contributed by atoms with Gasteiger partial charge in [0.1, 0.15) is 0 Å². The summed E-state index contributed by atoms with van der Waals surface area (Å²) in [7, 11) is -1.57. The third-order valence-electron chi connectivity index (χ3n) is 4.26. The van der Waals surface area contributed by atoms with Crippen LogP contribution in [0, 0.1) is 5.92 Å². The summed E-state index contributed by atoms with van der Waals surface area (Å²) in [5, 5.41) is 3.04. The number of sulfonamides is 1. The van der Waals surface area contributed by atoms with E-state index >= 15 is 0 Å². The molecule has 2 rings (SSSR count). The van der Waals surface area contributed by atoms with Crippen molar-refractivity contribution in [2.75, 3.05) is 7.05 Å². The highest BCUT2D eigenvalue weighted by Crippen LogP contribution is 2.24. The first-order chi connectivity index (χ1) is 10.0. The largest absolute Gasteiger partial charge is 0.316 e. The van der Waals surface area contributed by atoms with Crippen molar-refractivity contribution in [1.29, 1.82) is 0 Å². The third kappa shape index (κ3) is 4.53. The lowest BCUT2D eigenvalue weighted by molar-refractivity contribution is 0.399. The molecule has 21 heavy (non-hydrogen) atoms. The van der Waals surface area contributed by atoms with Gasteiger partial charge in [-0.25, -0.2) is 13.1 Å². The van der Waals surface area contributed by atoms with Gasteiger partial charge in [0.2, 0.25) is 10.0 Å². The molecule has 0 bridgehead atoms. The molecule has 1 aromatic carbocycles. The normalized spacial score (nSPS) is 23.7. The number of nitrogens with one attached hydrogen (secondary N) is 2. The Kier molecular flexibility index (Phi) is 5.79. The minimum atomic E-state index is -3.43. The minimum Gasteiger partial charge on any atom is -0.316 e. The highest BCUT2D eigenvalue weighted by Gasteiger charge is 2.25. The molecule has 1 aliphatic rings. The van der Waals surface area contributed by atoms with Gasteiger partial charge in [-0.1, -0.05) is 38.3 Å². The molecule has 2 unspecified atom stereocenters. The molecular formula is C16H26N2O2S. The van der Waals surface area contributed by atoms with Gasteiger partial charge < -0.3 is 5.32 Å². The predicted molar refractivity (Wildman–Crippen MR) is 85.6 cm³/mol. The van der Waals surface area contributed by atoms with Crippen molar-refractivity contribution in [3.63, 3.8) is 0 Å². The van der Waals surface area contributed by atoms with Crippen LogP contribution in [-0.2, 0) is 16.6 Å². The van der Waals surface area contributed by atoms with E-state index in [1.54, 1.807) is 18.2 Å². The first-order valence-corrected chi connectivity index (χ1v) is 9.27. The van der Waals surface area contributed by atoms with E-state index in [4.69, 9.17) is 0 Å². The fourth-order valence-corrected chi connectivity index (χ4v) is 4.41. The molecule has 1 fully saturated rings. The smallest absolute Gasteiger partial charge is 0.240 e. The lowest BCUT2D eigenvalue weighted by Crippen LogP contribution is -2.38. The Labute approximate surface area is 128 Å². The topological polar surface area (TPSA) is 58.2 Å². The zero-order valence-electron chi connectivity index (χ0n) is 12.9. The molecule has 0 aliphatic heterocycles. The van der Waals surface area contributed by atoms with E-state index in [1.807, 2.05) is 13.1 Å². The quantitative estimate of drug-likeness (QED) is 0.822. The maximum absolute atomic E-state index is 12.6. The monoisotopic (exact) mass is 310 g/mol. The van der Waals surface area contributed by atoms with Gasteiger partial charge in [-0.05, 0) is 43.5 Å². The van der Waals surface area contributed by atoms with E-state index in [1.165, 1.54) is 12.8 Å². The lowest BCUT2D eigenvalue weighted by atomic mass is 9.98. The molecule has 4 nitrogen and oxygen atoms in total. The Morgan fingerprint density at radius 1 is 1.19 bits per heavy atom. The van der Waals surface area contributed by atoms with Crippen molar-refractivity contribution >= 4 is 10.0 Å². The van der Waals surface area contributed by atoms with Crippen molar-refractivity contribution in [1.82, 2.24) is 10.0 Å². The molecule has 0 amide bonds. The maximum Gasteiger partial charge on any atom is 0.240 e. The standard InChI is InChI=1S/C16H26N2O2S/c1-13-7-4-3-5-10-16(13)18-21(19,20)15-9-6-8-14(11-15)12-17-2/h6,8-9,11,13,16-18H,3-5,7,10,12H2,1-2H3.